The second-order valence-corrected chi connectivity index (χ2v) is 5.11. The highest BCUT2D eigenvalue weighted by Crippen LogP contribution is 2.23. The summed E-state index contributed by atoms with van der Waals surface area (Å²) in [6, 6.07) is 13.4. The molecule has 0 radical (unpaired) electrons. The fraction of sp³-hybridized carbons (Fsp3) is 0.235. The van der Waals surface area contributed by atoms with Gasteiger partial charge >= 0.3 is 5.97 Å². The Balaban J connectivity index is 2.08. The molecule has 2 aromatic carbocycles. The molecule has 0 spiro atoms. The van der Waals surface area contributed by atoms with Gasteiger partial charge in [-0.1, -0.05) is 30.3 Å². The van der Waals surface area contributed by atoms with Crippen LogP contribution in [0.1, 0.15) is 34.5 Å². The van der Waals surface area contributed by atoms with Gasteiger partial charge < -0.3 is 5.11 Å². The molecule has 0 bridgehead atoms. The highest BCUT2D eigenvalue weighted by molar-refractivity contribution is 5.87. The van der Waals surface area contributed by atoms with Gasteiger partial charge in [-0.2, -0.15) is 0 Å². The highest BCUT2D eigenvalue weighted by atomic mass is 19.1. The first-order valence-electron chi connectivity index (χ1n) is 6.76. The zero-order chi connectivity index (χ0) is 15.4. The number of hydrogen-bond acceptors (Lipinski definition) is 2. The van der Waals surface area contributed by atoms with Gasteiger partial charge in [0.2, 0.25) is 0 Å². The van der Waals surface area contributed by atoms with Crippen molar-refractivity contribution < 1.29 is 14.3 Å². The molecule has 1 atom stereocenters. The number of benzene rings is 2. The predicted octanol–water partition coefficient (Wildman–Crippen LogP) is 3.72. The number of carboxylic acids is 1. The third-order valence-electron chi connectivity index (χ3n) is 3.65. The second kappa shape index (κ2) is 6.50. The normalized spacial score (nSPS) is 12.4. The minimum absolute atomic E-state index is 0.0645. The lowest BCUT2D eigenvalue weighted by atomic mass is 10.1. The Labute approximate surface area is 123 Å². The first-order valence-corrected chi connectivity index (χ1v) is 6.76. The molecular weight excluding hydrogens is 269 g/mol. The maximum atomic E-state index is 13.8. The molecule has 0 aromatic heterocycles. The molecule has 0 saturated heterocycles. The summed E-state index contributed by atoms with van der Waals surface area (Å²) in [7, 11) is 1.92. The van der Waals surface area contributed by atoms with Crippen LogP contribution in [0.15, 0.2) is 48.5 Å². The Morgan fingerprint density at radius 2 is 1.81 bits per heavy atom. The van der Waals surface area contributed by atoms with Crippen molar-refractivity contribution in [3.63, 3.8) is 0 Å². The van der Waals surface area contributed by atoms with Gasteiger partial charge in [0.1, 0.15) is 5.82 Å². The molecule has 0 heterocycles. The van der Waals surface area contributed by atoms with Gasteiger partial charge in [-0.15, -0.1) is 0 Å². The summed E-state index contributed by atoms with van der Waals surface area (Å²) < 4.78 is 13.8. The molecule has 2 rings (SSSR count). The van der Waals surface area contributed by atoms with E-state index in [-0.39, 0.29) is 17.4 Å². The van der Waals surface area contributed by atoms with Gasteiger partial charge in [0.15, 0.2) is 0 Å². The molecule has 0 saturated carbocycles. The molecule has 1 N–H and O–H groups in total. The van der Waals surface area contributed by atoms with Crippen LogP contribution in [0.25, 0.3) is 0 Å². The van der Waals surface area contributed by atoms with Crippen LogP contribution in [0.5, 0.6) is 0 Å². The van der Waals surface area contributed by atoms with Crippen molar-refractivity contribution in [1.82, 2.24) is 4.90 Å². The quantitative estimate of drug-likeness (QED) is 0.911. The van der Waals surface area contributed by atoms with E-state index >= 15 is 0 Å². The maximum Gasteiger partial charge on any atom is 0.335 e. The zero-order valence-corrected chi connectivity index (χ0v) is 12.1. The van der Waals surface area contributed by atoms with Gasteiger partial charge in [0.25, 0.3) is 0 Å². The third-order valence-corrected chi connectivity index (χ3v) is 3.65. The van der Waals surface area contributed by atoms with E-state index in [1.54, 1.807) is 36.4 Å². The monoisotopic (exact) mass is 287 g/mol. The topological polar surface area (TPSA) is 40.5 Å². The molecule has 3 nitrogen and oxygen atoms in total. The smallest absolute Gasteiger partial charge is 0.335 e. The average molecular weight is 287 g/mol. The van der Waals surface area contributed by atoms with Crippen molar-refractivity contribution in [2.24, 2.45) is 0 Å². The van der Waals surface area contributed by atoms with Crippen LogP contribution in [-0.2, 0) is 6.54 Å². The number of hydrogen-bond donors (Lipinski definition) is 1. The fourth-order valence-electron chi connectivity index (χ4n) is 2.23. The van der Waals surface area contributed by atoms with Gasteiger partial charge in [-0.3, -0.25) is 4.90 Å². The summed E-state index contributed by atoms with van der Waals surface area (Å²) in [6.45, 7) is 2.57. The summed E-state index contributed by atoms with van der Waals surface area (Å²) in [6.07, 6.45) is 0. The Morgan fingerprint density at radius 3 is 2.38 bits per heavy atom. The molecule has 1 unspecified atom stereocenters. The van der Waals surface area contributed by atoms with Gasteiger partial charge in [-0.25, -0.2) is 9.18 Å². The summed E-state index contributed by atoms with van der Waals surface area (Å²) in [4.78, 5) is 12.8. The van der Waals surface area contributed by atoms with Gasteiger partial charge in [-0.05, 0) is 37.7 Å². The fourth-order valence-corrected chi connectivity index (χ4v) is 2.23. The van der Waals surface area contributed by atoms with Crippen LogP contribution in [0.3, 0.4) is 0 Å². The Bertz CT molecular complexity index is 625. The van der Waals surface area contributed by atoms with Crippen LogP contribution in [0, 0.1) is 5.82 Å². The van der Waals surface area contributed by atoms with E-state index in [0.29, 0.717) is 12.1 Å². The molecule has 2 aromatic rings. The van der Waals surface area contributed by atoms with Crippen LogP contribution in [-0.4, -0.2) is 23.0 Å². The number of carbonyl (C=O) groups is 1. The Hall–Kier alpha value is -2.20. The Kier molecular flexibility index (Phi) is 4.70. The van der Waals surface area contributed by atoms with Crippen molar-refractivity contribution >= 4 is 5.97 Å². The second-order valence-electron chi connectivity index (χ2n) is 5.11. The first-order chi connectivity index (χ1) is 9.99. The van der Waals surface area contributed by atoms with E-state index in [1.807, 2.05) is 24.9 Å². The number of rotatable bonds is 5. The van der Waals surface area contributed by atoms with E-state index < -0.39 is 5.97 Å². The van der Waals surface area contributed by atoms with Crippen LogP contribution in [0.4, 0.5) is 4.39 Å². The number of halogens is 1. The molecule has 0 amide bonds. The average Bonchev–Trinajstić information content (AvgIpc) is 2.47. The number of aromatic carboxylic acids is 1. The Morgan fingerprint density at radius 1 is 1.19 bits per heavy atom. The molecule has 0 aliphatic heterocycles. The summed E-state index contributed by atoms with van der Waals surface area (Å²) >= 11 is 0. The number of nitrogens with zero attached hydrogens (tertiary/aromatic N) is 1. The molecule has 21 heavy (non-hydrogen) atoms. The lowest BCUT2D eigenvalue weighted by molar-refractivity contribution is 0.0697. The van der Waals surface area contributed by atoms with E-state index in [4.69, 9.17) is 5.11 Å². The molecule has 110 valence electrons. The minimum atomic E-state index is -0.936. The number of carboxylic acid groups (broad SMARTS) is 1. The van der Waals surface area contributed by atoms with Crippen LogP contribution >= 0.6 is 0 Å². The maximum absolute atomic E-state index is 13.8. The van der Waals surface area contributed by atoms with E-state index in [1.165, 1.54) is 6.07 Å². The minimum Gasteiger partial charge on any atom is -0.478 e. The predicted molar refractivity (Wildman–Crippen MR) is 79.7 cm³/mol. The van der Waals surface area contributed by atoms with E-state index in [0.717, 1.165) is 5.56 Å². The van der Waals surface area contributed by atoms with Crippen molar-refractivity contribution in [3.05, 3.63) is 71.0 Å². The van der Waals surface area contributed by atoms with Crippen LogP contribution < -0.4 is 0 Å². The largest absolute Gasteiger partial charge is 0.478 e. The zero-order valence-electron chi connectivity index (χ0n) is 12.1. The molecule has 0 aliphatic carbocycles. The first kappa shape index (κ1) is 15.2. The summed E-state index contributed by atoms with van der Waals surface area (Å²) in [5, 5.41) is 8.87. The standard InChI is InChI=1S/C17H18FNO2/c1-12(15-5-3-4-6-16(15)18)19(2)11-13-7-9-14(10-8-13)17(20)21/h3-10,12H,11H2,1-2H3,(H,20,21). The van der Waals surface area contributed by atoms with Crippen molar-refractivity contribution in [2.45, 2.75) is 19.5 Å². The lowest BCUT2D eigenvalue weighted by Gasteiger charge is -2.25. The molecule has 0 aliphatic rings. The summed E-state index contributed by atoms with van der Waals surface area (Å²) in [5.74, 6) is -1.15. The molecule has 4 heteroatoms. The molecular formula is C17H18FNO2. The van der Waals surface area contributed by atoms with E-state index in [2.05, 4.69) is 0 Å². The SMILES string of the molecule is CC(c1ccccc1F)N(C)Cc1ccc(C(=O)O)cc1. The van der Waals surface area contributed by atoms with Crippen molar-refractivity contribution in [1.29, 1.82) is 0 Å². The van der Waals surface area contributed by atoms with Crippen molar-refractivity contribution in [3.8, 4) is 0 Å². The molecule has 0 fully saturated rings. The highest BCUT2D eigenvalue weighted by Gasteiger charge is 2.15. The van der Waals surface area contributed by atoms with E-state index in [9.17, 15) is 9.18 Å². The summed E-state index contributed by atoms with van der Waals surface area (Å²) in [5.41, 5.74) is 1.91. The van der Waals surface area contributed by atoms with Crippen LogP contribution in [0.2, 0.25) is 0 Å². The van der Waals surface area contributed by atoms with Crippen molar-refractivity contribution in [2.75, 3.05) is 7.05 Å². The third kappa shape index (κ3) is 3.67. The van der Waals surface area contributed by atoms with Gasteiger partial charge in [0, 0.05) is 18.2 Å². The van der Waals surface area contributed by atoms with Gasteiger partial charge in [0.05, 0.1) is 5.56 Å². The lowest BCUT2D eigenvalue weighted by Crippen LogP contribution is -2.22.